The van der Waals surface area contributed by atoms with Crippen LogP contribution in [0.15, 0.2) is 39.6 Å². The summed E-state index contributed by atoms with van der Waals surface area (Å²) in [6.45, 7) is 6.63. The van der Waals surface area contributed by atoms with Crippen molar-refractivity contribution in [1.29, 1.82) is 0 Å². The first kappa shape index (κ1) is 16.4. The molecule has 1 fully saturated rings. The number of rotatable bonds is 4. The van der Waals surface area contributed by atoms with Crippen LogP contribution in [-0.2, 0) is 11.3 Å². The van der Waals surface area contributed by atoms with Gasteiger partial charge in [-0.05, 0) is 25.1 Å². The minimum absolute atomic E-state index is 0.0147. The Balaban J connectivity index is 1.81. The Bertz CT molecular complexity index is 722. The highest BCUT2D eigenvalue weighted by Crippen LogP contribution is 2.19. The highest BCUT2D eigenvalue weighted by molar-refractivity contribution is 9.10. The average molecular weight is 378 g/mol. The molecule has 2 aromatic rings. The summed E-state index contributed by atoms with van der Waals surface area (Å²) in [7, 11) is 0. The maximum Gasteiger partial charge on any atom is 0.269 e. The van der Waals surface area contributed by atoms with Gasteiger partial charge in [0.05, 0.1) is 25.5 Å². The SMILES string of the molecule is Cc1cc(-c2ccc(Br)cc2)nn(CCN2CCOCC2)c1=O. The highest BCUT2D eigenvalue weighted by Gasteiger charge is 2.12. The molecule has 0 bridgehead atoms. The van der Waals surface area contributed by atoms with Crippen LogP contribution in [0, 0.1) is 6.92 Å². The van der Waals surface area contributed by atoms with E-state index in [2.05, 4.69) is 25.9 Å². The highest BCUT2D eigenvalue weighted by atomic mass is 79.9. The summed E-state index contributed by atoms with van der Waals surface area (Å²) in [6, 6.07) is 9.83. The van der Waals surface area contributed by atoms with Crippen LogP contribution in [0.2, 0.25) is 0 Å². The first-order valence-corrected chi connectivity index (χ1v) is 8.57. The number of benzene rings is 1. The van der Waals surface area contributed by atoms with Gasteiger partial charge in [0.25, 0.3) is 5.56 Å². The summed E-state index contributed by atoms with van der Waals surface area (Å²) < 4.78 is 7.96. The second kappa shape index (κ2) is 7.38. The van der Waals surface area contributed by atoms with E-state index in [-0.39, 0.29) is 5.56 Å². The van der Waals surface area contributed by atoms with Crippen LogP contribution in [0.1, 0.15) is 5.56 Å². The summed E-state index contributed by atoms with van der Waals surface area (Å²) in [4.78, 5) is 14.6. The van der Waals surface area contributed by atoms with E-state index in [4.69, 9.17) is 4.74 Å². The molecule has 122 valence electrons. The van der Waals surface area contributed by atoms with E-state index in [1.165, 1.54) is 0 Å². The van der Waals surface area contributed by atoms with Gasteiger partial charge >= 0.3 is 0 Å². The van der Waals surface area contributed by atoms with E-state index >= 15 is 0 Å². The molecule has 23 heavy (non-hydrogen) atoms. The Labute approximate surface area is 144 Å². The smallest absolute Gasteiger partial charge is 0.269 e. The zero-order valence-electron chi connectivity index (χ0n) is 13.2. The number of nitrogens with zero attached hydrogens (tertiary/aromatic N) is 3. The molecule has 6 heteroatoms. The Morgan fingerprint density at radius 3 is 2.57 bits per heavy atom. The Morgan fingerprint density at radius 1 is 1.17 bits per heavy atom. The van der Waals surface area contributed by atoms with E-state index in [1.807, 2.05) is 37.3 Å². The molecular formula is C17H20BrN3O2. The van der Waals surface area contributed by atoms with Crippen molar-refractivity contribution in [3.63, 3.8) is 0 Å². The van der Waals surface area contributed by atoms with Crippen LogP contribution >= 0.6 is 15.9 Å². The average Bonchev–Trinajstić information content (AvgIpc) is 2.58. The number of morpholine rings is 1. The fourth-order valence-electron chi connectivity index (χ4n) is 2.65. The topological polar surface area (TPSA) is 47.4 Å². The molecule has 0 atom stereocenters. The molecule has 1 aliphatic rings. The number of aryl methyl sites for hydroxylation is 1. The Hall–Kier alpha value is -1.50. The van der Waals surface area contributed by atoms with Crippen LogP contribution in [0.5, 0.6) is 0 Å². The molecule has 1 aromatic heterocycles. The standard InChI is InChI=1S/C17H20BrN3O2/c1-13-12-16(14-2-4-15(18)5-3-14)19-21(17(13)22)7-6-20-8-10-23-11-9-20/h2-5,12H,6-11H2,1H3. The van der Waals surface area contributed by atoms with Gasteiger partial charge < -0.3 is 4.74 Å². The molecule has 0 aliphatic carbocycles. The number of halogens is 1. The molecule has 1 aliphatic heterocycles. The Morgan fingerprint density at radius 2 is 1.87 bits per heavy atom. The third-order valence-corrected chi connectivity index (χ3v) is 4.55. The third-order valence-electron chi connectivity index (χ3n) is 4.03. The van der Waals surface area contributed by atoms with Crippen molar-refractivity contribution in [3.8, 4) is 11.3 Å². The van der Waals surface area contributed by atoms with Gasteiger partial charge in [-0.3, -0.25) is 9.69 Å². The summed E-state index contributed by atoms with van der Waals surface area (Å²) in [5.41, 5.74) is 2.55. The Kier molecular flexibility index (Phi) is 5.25. The maximum absolute atomic E-state index is 12.3. The second-order valence-electron chi connectivity index (χ2n) is 5.70. The predicted octanol–water partition coefficient (Wildman–Crippen LogP) is 2.31. The van der Waals surface area contributed by atoms with Crippen LogP contribution < -0.4 is 5.56 Å². The molecule has 1 saturated heterocycles. The molecule has 0 N–H and O–H groups in total. The van der Waals surface area contributed by atoms with E-state index in [0.717, 1.165) is 54.1 Å². The first-order chi connectivity index (χ1) is 11.1. The minimum atomic E-state index is -0.0147. The fraction of sp³-hybridized carbons (Fsp3) is 0.412. The number of hydrogen-bond acceptors (Lipinski definition) is 4. The molecule has 0 amide bonds. The molecular weight excluding hydrogens is 358 g/mol. The van der Waals surface area contributed by atoms with E-state index in [9.17, 15) is 4.79 Å². The van der Waals surface area contributed by atoms with E-state index in [0.29, 0.717) is 6.54 Å². The molecule has 0 radical (unpaired) electrons. The van der Waals surface area contributed by atoms with Crippen LogP contribution in [0.4, 0.5) is 0 Å². The maximum atomic E-state index is 12.3. The van der Waals surface area contributed by atoms with Crippen molar-refractivity contribution in [3.05, 3.63) is 50.7 Å². The molecule has 1 aromatic carbocycles. The molecule has 2 heterocycles. The molecule has 5 nitrogen and oxygen atoms in total. The molecule has 0 unspecified atom stereocenters. The summed E-state index contributed by atoms with van der Waals surface area (Å²) in [5.74, 6) is 0. The quantitative estimate of drug-likeness (QED) is 0.820. The fourth-order valence-corrected chi connectivity index (χ4v) is 2.91. The summed E-state index contributed by atoms with van der Waals surface area (Å²) in [5, 5.41) is 4.55. The van der Waals surface area contributed by atoms with Gasteiger partial charge in [-0.2, -0.15) is 5.10 Å². The normalized spacial score (nSPS) is 15.7. The zero-order valence-corrected chi connectivity index (χ0v) is 14.8. The number of ether oxygens (including phenoxy) is 1. The lowest BCUT2D eigenvalue weighted by atomic mass is 10.1. The van der Waals surface area contributed by atoms with Crippen LogP contribution in [0.25, 0.3) is 11.3 Å². The van der Waals surface area contributed by atoms with Crippen molar-refractivity contribution in [1.82, 2.24) is 14.7 Å². The van der Waals surface area contributed by atoms with Crippen molar-refractivity contribution >= 4 is 15.9 Å². The molecule has 0 saturated carbocycles. The van der Waals surface area contributed by atoms with Gasteiger partial charge in [0, 0.05) is 35.2 Å². The third kappa shape index (κ3) is 4.07. The lowest BCUT2D eigenvalue weighted by molar-refractivity contribution is 0.0358. The number of hydrogen-bond donors (Lipinski definition) is 0. The van der Waals surface area contributed by atoms with E-state index < -0.39 is 0 Å². The second-order valence-corrected chi connectivity index (χ2v) is 6.62. The van der Waals surface area contributed by atoms with Gasteiger partial charge in [0.15, 0.2) is 0 Å². The van der Waals surface area contributed by atoms with Gasteiger partial charge in [-0.25, -0.2) is 4.68 Å². The lowest BCUT2D eigenvalue weighted by Gasteiger charge is -2.26. The summed E-state index contributed by atoms with van der Waals surface area (Å²) in [6.07, 6.45) is 0. The van der Waals surface area contributed by atoms with E-state index in [1.54, 1.807) is 4.68 Å². The van der Waals surface area contributed by atoms with Crippen LogP contribution in [0.3, 0.4) is 0 Å². The van der Waals surface area contributed by atoms with Crippen molar-refractivity contribution in [2.24, 2.45) is 0 Å². The zero-order chi connectivity index (χ0) is 16.2. The van der Waals surface area contributed by atoms with Gasteiger partial charge in [0.1, 0.15) is 0 Å². The van der Waals surface area contributed by atoms with Crippen LogP contribution in [-0.4, -0.2) is 47.5 Å². The monoisotopic (exact) mass is 377 g/mol. The van der Waals surface area contributed by atoms with Gasteiger partial charge in [0.2, 0.25) is 0 Å². The molecule has 3 rings (SSSR count). The lowest BCUT2D eigenvalue weighted by Crippen LogP contribution is -2.40. The largest absolute Gasteiger partial charge is 0.379 e. The molecule has 0 spiro atoms. The van der Waals surface area contributed by atoms with Gasteiger partial charge in [-0.1, -0.05) is 28.1 Å². The van der Waals surface area contributed by atoms with Crippen molar-refractivity contribution < 1.29 is 4.74 Å². The van der Waals surface area contributed by atoms with Gasteiger partial charge in [-0.15, -0.1) is 0 Å². The first-order valence-electron chi connectivity index (χ1n) is 7.78. The summed E-state index contributed by atoms with van der Waals surface area (Å²) >= 11 is 3.44. The van der Waals surface area contributed by atoms with Crippen molar-refractivity contribution in [2.75, 3.05) is 32.8 Å². The minimum Gasteiger partial charge on any atom is -0.379 e. The number of aromatic nitrogens is 2. The van der Waals surface area contributed by atoms with Crippen molar-refractivity contribution in [2.45, 2.75) is 13.5 Å². The predicted molar refractivity (Wildman–Crippen MR) is 93.6 cm³/mol.